The zero-order valence-electron chi connectivity index (χ0n) is 9.90. The van der Waals surface area contributed by atoms with Gasteiger partial charge in [-0.3, -0.25) is 14.5 Å². The molecule has 2 N–H and O–H groups in total. The summed E-state index contributed by atoms with van der Waals surface area (Å²) in [5.41, 5.74) is 0. The lowest BCUT2D eigenvalue weighted by Gasteiger charge is -2.26. The summed E-state index contributed by atoms with van der Waals surface area (Å²) < 4.78 is 0. The fraction of sp³-hybridized carbons (Fsp3) is 0.818. The molecule has 1 fully saturated rings. The first-order chi connectivity index (χ1) is 7.54. The number of likely N-dealkylation sites (N-methyl/N-ethyl adjacent to an activating group) is 1. The molecule has 0 aromatic heterocycles. The molecule has 2 unspecified atom stereocenters. The van der Waals surface area contributed by atoms with E-state index in [1.165, 1.54) is 0 Å². The van der Waals surface area contributed by atoms with Crippen molar-refractivity contribution in [2.75, 3.05) is 13.1 Å². The molecular weight excluding hydrogens is 208 g/mol. The first-order valence-electron chi connectivity index (χ1n) is 5.80. The van der Waals surface area contributed by atoms with Gasteiger partial charge in [0.25, 0.3) is 0 Å². The SMILES string of the molecule is CCN1CCC(C)NC(=O)C1CCC(=O)O. The zero-order valence-corrected chi connectivity index (χ0v) is 9.90. The van der Waals surface area contributed by atoms with Gasteiger partial charge in [-0.05, 0) is 26.3 Å². The van der Waals surface area contributed by atoms with Crippen LogP contribution in [0.1, 0.15) is 33.1 Å². The molecule has 0 spiro atoms. The van der Waals surface area contributed by atoms with Crippen molar-refractivity contribution in [2.45, 2.75) is 45.2 Å². The highest BCUT2D eigenvalue weighted by atomic mass is 16.4. The predicted octanol–water partition coefficient (Wildman–Crippen LogP) is 0.450. The normalized spacial score (nSPS) is 27.2. The smallest absolute Gasteiger partial charge is 0.303 e. The number of carboxylic acid groups (broad SMARTS) is 1. The number of rotatable bonds is 4. The number of hydrogen-bond donors (Lipinski definition) is 2. The van der Waals surface area contributed by atoms with Crippen molar-refractivity contribution < 1.29 is 14.7 Å². The van der Waals surface area contributed by atoms with E-state index in [9.17, 15) is 9.59 Å². The summed E-state index contributed by atoms with van der Waals surface area (Å²) in [5.74, 6) is -0.880. The van der Waals surface area contributed by atoms with Crippen LogP contribution in [-0.4, -0.2) is 47.1 Å². The molecule has 1 rings (SSSR count). The minimum atomic E-state index is -0.846. The molecular formula is C11H20N2O3. The van der Waals surface area contributed by atoms with E-state index in [2.05, 4.69) is 10.2 Å². The van der Waals surface area contributed by atoms with E-state index in [4.69, 9.17) is 5.11 Å². The maximum absolute atomic E-state index is 11.9. The molecule has 0 saturated carbocycles. The number of aliphatic carboxylic acids is 1. The van der Waals surface area contributed by atoms with Crippen molar-refractivity contribution >= 4 is 11.9 Å². The fourth-order valence-corrected chi connectivity index (χ4v) is 2.04. The molecule has 0 aliphatic carbocycles. The van der Waals surface area contributed by atoms with E-state index in [1.807, 2.05) is 13.8 Å². The molecule has 0 aromatic carbocycles. The van der Waals surface area contributed by atoms with E-state index < -0.39 is 5.97 Å². The Balaban J connectivity index is 2.65. The molecule has 1 amide bonds. The minimum absolute atomic E-state index is 0.0342. The van der Waals surface area contributed by atoms with E-state index in [-0.39, 0.29) is 24.4 Å². The number of carbonyl (C=O) groups excluding carboxylic acids is 1. The van der Waals surface area contributed by atoms with Gasteiger partial charge in [-0.25, -0.2) is 0 Å². The van der Waals surface area contributed by atoms with Crippen LogP contribution in [0.2, 0.25) is 0 Å². The number of carboxylic acids is 1. The lowest BCUT2D eigenvalue weighted by atomic mass is 10.1. The fourth-order valence-electron chi connectivity index (χ4n) is 2.04. The van der Waals surface area contributed by atoms with Gasteiger partial charge in [-0.15, -0.1) is 0 Å². The maximum atomic E-state index is 11.9. The standard InChI is InChI=1S/C11H20N2O3/c1-3-13-7-6-8(2)12-11(16)9(13)4-5-10(14)15/h8-9H,3-7H2,1-2H3,(H,12,16)(H,14,15). The van der Waals surface area contributed by atoms with Crippen LogP contribution < -0.4 is 5.32 Å². The third kappa shape index (κ3) is 3.48. The molecule has 1 aliphatic rings. The second-order valence-corrected chi connectivity index (χ2v) is 4.28. The first-order valence-corrected chi connectivity index (χ1v) is 5.80. The van der Waals surface area contributed by atoms with Crippen LogP contribution in [0.3, 0.4) is 0 Å². The Morgan fingerprint density at radius 2 is 2.31 bits per heavy atom. The maximum Gasteiger partial charge on any atom is 0.303 e. The number of hydrogen-bond acceptors (Lipinski definition) is 3. The minimum Gasteiger partial charge on any atom is -0.481 e. The summed E-state index contributed by atoms with van der Waals surface area (Å²) >= 11 is 0. The van der Waals surface area contributed by atoms with Crippen LogP contribution >= 0.6 is 0 Å². The quantitative estimate of drug-likeness (QED) is 0.733. The first kappa shape index (κ1) is 13.0. The second-order valence-electron chi connectivity index (χ2n) is 4.28. The van der Waals surface area contributed by atoms with Gasteiger partial charge in [-0.1, -0.05) is 6.92 Å². The molecule has 0 radical (unpaired) electrons. The number of nitrogens with zero attached hydrogens (tertiary/aromatic N) is 1. The molecule has 1 saturated heterocycles. The van der Waals surface area contributed by atoms with E-state index >= 15 is 0 Å². The third-order valence-electron chi connectivity index (χ3n) is 3.02. The molecule has 92 valence electrons. The summed E-state index contributed by atoms with van der Waals surface area (Å²) in [6, 6.07) is -0.109. The van der Waals surface area contributed by atoms with Gasteiger partial charge in [0.1, 0.15) is 0 Å². The molecule has 5 heteroatoms. The number of amides is 1. The highest BCUT2D eigenvalue weighted by Gasteiger charge is 2.29. The lowest BCUT2D eigenvalue weighted by Crippen LogP contribution is -2.45. The van der Waals surface area contributed by atoms with Crippen molar-refractivity contribution in [1.29, 1.82) is 0 Å². The Kier molecular flexibility index (Phi) is 4.73. The Hall–Kier alpha value is -1.10. The zero-order chi connectivity index (χ0) is 12.1. The van der Waals surface area contributed by atoms with Gasteiger partial charge in [0.15, 0.2) is 0 Å². The summed E-state index contributed by atoms with van der Waals surface area (Å²) in [4.78, 5) is 24.5. The second kappa shape index (κ2) is 5.84. The molecule has 5 nitrogen and oxygen atoms in total. The van der Waals surface area contributed by atoms with E-state index in [1.54, 1.807) is 0 Å². The van der Waals surface area contributed by atoms with Crippen LogP contribution in [0.4, 0.5) is 0 Å². The molecule has 1 aliphatic heterocycles. The topological polar surface area (TPSA) is 69.6 Å². The van der Waals surface area contributed by atoms with E-state index in [0.717, 1.165) is 19.5 Å². The van der Waals surface area contributed by atoms with Crippen molar-refractivity contribution in [1.82, 2.24) is 10.2 Å². The summed E-state index contributed by atoms with van der Waals surface area (Å²) in [5, 5.41) is 11.6. The largest absolute Gasteiger partial charge is 0.481 e. The van der Waals surface area contributed by atoms with Crippen LogP contribution in [0.25, 0.3) is 0 Å². The Labute approximate surface area is 95.8 Å². The Morgan fingerprint density at radius 1 is 1.62 bits per heavy atom. The third-order valence-corrected chi connectivity index (χ3v) is 3.02. The van der Waals surface area contributed by atoms with Gasteiger partial charge in [0.05, 0.1) is 6.04 Å². The lowest BCUT2D eigenvalue weighted by molar-refractivity contribution is -0.137. The van der Waals surface area contributed by atoms with E-state index in [0.29, 0.717) is 6.42 Å². The predicted molar refractivity (Wildman–Crippen MR) is 60.1 cm³/mol. The molecule has 0 aromatic rings. The highest BCUT2D eigenvalue weighted by Crippen LogP contribution is 2.13. The van der Waals surface area contributed by atoms with Crippen LogP contribution in [0, 0.1) is 0 Å². The average molecular weight is 228 g/mol. The van der Waals surface area contributed by atoms with Crippen molar-refractivity contribution in [3.8, 4) is 0 Å². The van der Waals surface area contributed by atoms with Gasteiger partial charge in [0, 0.05) is 19.0 Å². The molecule has 16 heavy (non-hydrogen) atoms. The van der Waals surface area contributed by atoms with Crippen molar-refractivity contribution in [3.63, 3.8) is 0 Å². The number of carbonyl (C=O) groups is 2. The van der Waals surface area contributed by atoms with Gasteiger partial charge in [0.2, 0.25) is 5.91 Å². The average Bonchev–Trinajstić information content (AvgIpc) is 2.34. The van der Waals surface area contributed by atoms with Crippen molar-refractivity contribution in [2.24, 2.45) is 0 Å². The number of nitrogens with one attached hydrogen (secondary N) is 1. The summed E-state index contributed by atoms with van der Waals surface area (Å²) in [6.07, 6.45) is 1.36. The molecule has 0 bridgehead atoms. The molecule has 1 heterocycles. The van der Waals surface area contributed by atoms with Gasteiger partial charge >= 0.3 is 5.97 Å². The van der Waals surface area contributed by atoms with Crippen molar-refractivity contribution in [3.05, 3.63) is 0 Å². The Morgan fingerprint density at radius 3 is 2.88 bits per heavy atom. The molecule has 2 atom stereocenters. The monoisotopic (exact) mass is 228 g/mol. The summed E-state index contributed by atoms with van der Waals surface area (Å²) in [7, 11) is 0. The van der Waals surface area contributed by atoms with Crippen LogP contribution in [0.15, 0.2) is 0 Å². The van der Waals surface area contributed by atoms with Crippen LogP contribution in [-0.2, 0) is 9.59 Å². The van der Waals surface area contributed by atoms with Gasteiger partial charge < -0.3 is 10.4 Å². The highest BCUT2D eigenvalue weighted by molar-refractivity contribution is 5.82. The Bertz CT molecular complexity index is 268. The van der Waals surface area contributed by atoms with Gasteiger partial charge in [-0.2, -0.15) is 0 Å². The van der Waals surface area contributed by atoms with Crippen LogP contribution in [0.5, 0.6) is 0 Å². The summed E-state index contributed by atoms with van der Waals surface area (Å²) in [6.45, 7) is 5.60.